The average Bonchev–Trinajstić information content (AvgIpc) is 2.47. The van der Waals surface area contributed by atoms with Crippen molar-refractivity contribution in [2.75, 3.05) is 0 Å². The number of hydrogen-bond donors (Lipinski definition) is 1. The second-order valence-electron chi connectivity index (χ2n) is 5.14. The van der Waals surface area contributed by atoms with Gasteiger partial charge in [0.2, 0.25) is 0 Å². The van der Waals surface area contributed by atoms with Crippen molar-refractivity contribution in [1.29, 1.82) is 5.26 Å². The molecule has 1 amide bonds. The van der Waals surface area contributed by atoms with Gasteiger partial charge in [-0.1, -0.05) is 48.5 Å². The molecule has 1 aliphatic carbocycles. The van der Waals surface area contributed by atoms with Gasteiger partial charge in [0.05, 0.1) is 0 Å². The standard InChI is InChI=1S/C16H16Cl2N2O/c17-13-7-6-11(15(18)9-13)8-12(10-19)16(21)20-14-4-2-1-3-5-14/h6-9,14H,1-5H2,(H,20,21)/b12-8-. The van der Waals surface area contributed by atoms with Crippen LogP contribution in [0, 0.1) is 11.3 Å². The highest BCUT2D eigenvalue weighted by Crippen LogP contribution is 2.23. The monoisotopic (exact) mass is 322 g/mol. The lowest BCUT2D eigenvalue weighted by Crippen LogP contribution is -2.36. The molecule has 3 nitrogen and oxygen atoms in total. The van der Waals surface area contributed by atoms with Crippen LogP contribution in [0.1, 0.15) is 37.7 Å². The molecule has 0 atom stereocenters. The maximum absolute atomic E-state index is 12.2. The maximum atomic E-state index is 12.2. The molecule has 0 bridgehead atoms. The van der Waals surface area contributed by atoms with E-state index in [2.05, 4.69) is 5.32 Å². The fraction of sp³-hybridized carbons (Fsp3) is 0.375. The summed E-state index contributed by atoms with van der Waals surface area (Å²) in [7, 11) is 0. The van der Waals surface area contributed by atoms with Crippen molar-refractivity contribution < 1.29 is 4.79 Å². The maximum Gasteiger partial charge on any atom is 0.262 e. The summed E-state index contributed by atoms with van der Waals surface area (Å²) in [4.78, 5) is 12.2. The van der Waals surface area contributed by atoms with Crippen molar-refractivity contribution in [2.45, 2.75) is 38.1 Å². The molecule has 0 aliphatic heterocycles. The number of carbonyl (C=O) groups excluding carboxylic acids is 1. The number of nitrogens with one attached hydrogen (secondary N) is 1. The van der Waals surface area contributed by atoms with Crippen molar-refractivity contribution in [3.8, 4) is 6.07 Å². The molecule has 0 unspecified atom stereocenters. The smallest absolute Gasteiger partial charge is 0.262 e. The number of hydrogen-bond acceptors (Lipinski definition) is 2. The Balaban J connectivity index is 2.12. The largest absolute Gasteiger partial charge is 0.349 e. The van der Waals surface area contributed by atoms with E-state index in [0.29, 0.717) is 15.6 Å². The Bertz CT molecular complexity index is 599. The van der Waals surface area contributed by atoms with Crippen LogP contribution in [0.25, 0.3) is 6.08 Å². The molecule has 110 valence electrons. The Morgan fingerprint density at radius 2 is 2.00 bits per heavy atom. The molecule has 1 aliphatic rings. The van der Waals surface area contributed by atoms with Gasteiger partial charge in [-0.25, -0.2) is 0 Å². The van der Waals surface area contributed by atoms with Crippen molar-refractivity contribution >= 4 is 35.2 Å². The van der Waals surface area contributed by atoms with Gasteiger partial charge in [0.25, 0.3) is 5.91 Å². The summed E-state index contributed by atoms with van der Waals surface area (Å²) in [6.45, 7) is 0. The molecular weight excluding hydrogens is 307 g/mol. The molecule has 1 N–H and O–H groups in total. The molecule has 1 aromatic rings. The molecule has 0 radical (unpaired) electrons. The lowest BCUT2D eigenvalue weighted by Gasteiger charge is -2.22. The zero-order chi connectivity index (χ0) is 15.2. The highest BCUT2D eigenvalue weighted by molar-refractivity contribution is 6.35. The normalized spacial score (nSPS) is 16.3. The summed E-state index contributed by atoms with van der Waals surface area (Å²) >= 11 is 11.9. The lowest BCUT2D eigenvalue weighted by atomic mass is 9.95. The highest BCUT2D eigenvalue weighted by atomic mass is 35.5. The van der Waals surface area contributed by atoms with E-state index in [1.807, 2.05) is 6.07 Å². The van der Waals surface area contributed by atoms with Gasteiger partial charge in [0, 0.05) is 16.1 Å². The Hall–Kier alpha value is -1.50. The molecule has 0 heterocycles. The van der Waals surface area contributed by atoms with Crippen LogP contribution in [0.4, 0.5) is 0 Å². The molecule has 1 aromatic carbocycles. The predicted octanol–water partition coefficient (Wildman–Crippen LogP) is 4.35. The summed E-state index contributed by atoms with van der Waals surface area (Å²) in [6, 6.07) is 7.06. The molecule has 2 rings (SSSR count). The SMILES string of the molecule is N#C/C(=C/c1ccc(Cl)cc1Cl)C(=O)NC1CCCCC1. The van der Waals surface area contributed by atoms with Gasteiger partial charge in [-0.05, 0) is 36.6 Å². The quantitative estimate of drug-likeness (QED) is 0.664. The summed E-state index contributed by atoms with van der Waals surface area (Å²) in [5.41, 5.74) is 0.668. The van der Waals surface area contributed by atoms with Crippen LogP contribution in [0.3, 0.4) is 0 Å². The van der Waals surface area contributed by atoms with Crippen molar-refractivity contribution in [3.63, 3.8) is 0 Å². The van der Waals surface area contributed by atoms with Gasteiger partial charge in [-0.2, -0.15) is 5.26 Å². The number of nitriles is 1. The van der Waals surface area contributed by atoms with Gasteiger partial charge in [-0.15, -0.1) is 0 Å². The van der Waals surface area contributed by atoms with Crippen LogP contribution < -0.4 is 5.32 Å². The first-order valence-corrected chi connectivity index (χ1v) is 7.73. The Morgan fingerprint density at radius 1 is 1.29 bits per heavy atom. The predicted molar refractivity (Wildman–Crippen MR) is 85.1 cm³/mol. The van der Waals surface area contributed by atoms with E-state index in [0.717, 1.165) is 25.7 Å². The van der Waals surface area contributed by atoms with Crippen molar-refractivity contribution in [1.82, 2.24) is 5.32 Å². The average molecular weight is 323 g/mol. The van der Waals surface area contributed by atoms with Crippen LogP contribution in [-0.4, -0.2) is 11.9 Å². The molecule has 1 saturated carbocycles. The van der Waals surface area contributed by atoms with E-state index >= 15 is 0 Å². The van der Waals surface area contributed by atoms with Gasteiger partial charge in [0.1, 0.15) is 11.6 Å². The molecular formula is C16H16Cl2N2O. The fourth-order valence-electron chi connectivity index (χ4n) is 2.43. The number of amides is 1. The van der Waals surface area contributed by atoms with E-state index < -0.39 is 0 Å². The van der Waals surface area contributed by atoms with Crippen LogP contribution in [0.5, 0.6) is 0 Å². The number of halogens is 2. The minimum atomic E-state index is -0.338. The first-order chi connectivity index (χ1) is 10.1. The Labute approximate surface area is 134 Å². The van der Waals surface area contributed by atoms with Crippen LogP contribution in [-0.2, 0) is 4.79 Å². The fourth-order valence-corrected chi connectivity index (χ4v) is 2.90. The van der Waals surface area contributed by atoms with Crippen LogP contribution >= 0.6 is 23.2 Å². The van der Waals surface area contributed by atoms with Crippen molar-refractivity contribution in [3.05, 3.63) is 39.4 Å². The van der Waals surface area contributed by atoms with Gasteiger partial charge in [-0.3, -0.25) is 4.79 Å². The summed E-state index contributed by atoms with van der Waals surface area (Å²) in [5.74, 6) is -0.338. The molecule has 1 fully saturated rings. The van der Waals surface area contributed by atoms with Gasteiger partial charge >= 0.3 is 0 Å². The third-order valence-electron chi connectivity index (χ3n) is 3.57. The third-order valence-corrected chi connectivity index (χ3v) is 4.13. The van der Waals surface area contributed by atoms with E-state index in [1.54, 1.807) is 18.2 Å². The van der Waals surface area contributed by atoms with E-state index in [1.165, 1.54) is 12.5 Å². The minimum absolute atomic E-state index is 0.0600. The molecule has 0 saturated heterocycles. The number of benzene rings is 1. The third kappa shape index (κ3) is 4.49. The second-order valence-corrected chi connectivity index (χ2v) is 5.99. The highest BCUT2D eigenvalue weighted by Gasteiger charge is 2.18. The lowest BCUT2D eigenvalue weighted by molar-refractivity contribution is -0.117. The first-order valence-electron chi connectivity index (χ1n) is 6.98. The Morgan fingerprint density at radius 3 is 2.62 bits per heavy atom. The number of rotatable bonds is 3. The first kappa shape index (κ1) is 15.9. The Kier molecular flexibility index (Phi) is 5.67. The van der Waals surface area contributed by atoms with Crippen LogP contribution in [0.2, 0.25) is 10.0 Å². The van der Waals surface area contributed by atoms with Crippen LogP contribution in [0.15, 0.2) is 23.8 Å². The van der Waals surface area contributed by atoms with Gasteiger partial charge in [0.15, 0.2) is 0 Å². The summed E-state index contributed by atoms with van der Waals surface area (Å²) in [6.07, 6.45) is 6.92. The van der Waals surface area contributed by atoms with E-state index in [4.69, 9.17) is 23.2 Å². The van der Waals surface area contributed by atoms with E-state index in [9.17, 15) is 10.1 Å². The molecule has 21 heavy (non-hydrogen) atoms. The zero-order valence-corrected chi connectivity index (χ0v) is 13.0. The van der Waals surface area contributed by atoms with Gasteiger partial charge < -0.3 is 5.32 Å². The molecule has 0 aromatic heterocycles. The molecule has 0 spiro atoms. The second kappa shape index (κ2) is 7.49. The molecule has 5 heteroatoms. The zero-order valence-electron chi connectivity index (χ0n) is 11.5. The van der Waals surface area contributed by atoms with E-state index in [-0.39, 0.29) is 17.5 Å². The number of nitrogens with zero attached hydrogens (tertiary/aromatic N) is 1. The minimum Gasteiger partial charge on any atom is -0.349 e. The van der Waals surface area contributed by atoms with Crippen molar-refractivity contribution in [2.24, 2.45) is 0 Å². The topological polar surface area (TPSA) is 52.9 Å². The summed E-state index contributed by atoms with van der Waals surface area (Å²) < 4.78 is 0. The number of carbonyl (C=O) groups is 1. The summed E-state index contributed by atoms with van der Waals surface area (Å²) in [5, 5.41) is 13.0.